The Morgan fingerprint density at radius 1 is 1.50 bits per heavy atom. The maximum Gasteiger partial charge on any atom is 0.306 e. The van der Waals surface area contributed by atoms with Crippen molar-refractivity contribution in [1.29, 1.82) is 0 Å². The fourth-order valence-electron chi connectivity index (χ4n) is 3.24. The average Bonchev–Trinajstić information content (AvgIpc) is 2.32. The lowest BCUT2D eigenvalue weighted by molar-refractivity contribution is -0.146. The van der Waals surface area contributed by atoms with E-state index in [-0.39, 0.29) is 22.3 Å². The van der Waals surface area contributed by atoms with Crippen molar-refractivity contribution in [1.82, 2.24) is 0 Å². The Hall–Kier alpha value is -1.09. The first-order valence-corrected chi connectivity index (χ1v) is 7.33. The molecule has 0 heterocycles. The van der Waals surface area contributed by atoms with E-state index in [0.29, 0.717) is 12.8 Å². The third-order valence-corrected chi connectivity index (χ3v) is 4.60. The van der Waals surface area contributed by atoms with Crippen LogP contribution < -0.4 is 0 Å². The van der Waals surface area contributed by atoms with Crippen LogP contribution in [0.2, 0.25) is 5.02 Å². The van der Waals surface area contributed by atoms with Gasteiger partial charge >= 0.3 is 5.97 Å². The molecule has 0 aromatic heterocycles. The molecule has 110 valence electrons. The molecule has 0 bridgehead atoms. The summed E-state index contributed by atoms with van der Waals surface area (Å²) < 4.78 is 13.2. The van der Waals surface area contributed by atoms with E-state index in [1.165, 1.54) is 6.07 Å². The van der Waals surface area contributed by atoms with Crippen LogP contribution in [0, 0.1) is 23.1 Å². The molecule has 1 aliphatic carbocycles. The fourth-order valence-corrected chi connectivity index (χ4v) is 3.45. The van der Waals surface area contributed by atoms with Gasteiger partial charge in [-0.05, 0) is 54.7 Å². The van der Waals surface area contributed by atoms with Gasteiger partial charge in [0.1, 0.15) is 5.82 Å². The van der Waals surface area contributed by atoms with Gasteiger partial charge in [-0.1, -0.05) is 31.5 Å². The molecule has 1 fully saturated rings. The van der Waals surface area contributed by atoms with Gasteiger partial charge in [-0.2, -0.15) is 0 Å². The number of carboxylic acids is 1. The summed E-state index contributed by atoms with van der Waals surface area (Å²) in [6.07, 6.45) is 3.16. The molecule has 1 aliphatic rings. The number of halogens is 2. The third-order valence-electron chi connectivity index (χ3n) is 4.32. The SMILES string of the molecule is CC1(C)CCC(C(=O)O)C(Cc2ccc(F)c(Cl)c2)C1. The van der Waals surface area contributed by atoms with Gasteiger partial charge in [0.05, 0.1) is 10.9 Å². The Kier molecular flexibility index (Phi) is 4.38. The number of benzene rings is 1. The van der Waals surface area contributed by atoms with Gasteiger partial charge in [0.2, 0.25) is 0 Å². The summed E-state index contributed by atoms with van der Waals surface area (Å²) in [4.78, 5) is 11.4. The normalized spacial score (nSPS) is 25.4. The molecule has 0 spiro atoms. The molecule has 2 rings (SSSR count). The lowest BCUT2D eigenvalue weighted by Gasteiger charge is -2.39. The standard InChI is InChI=1S/C16H20ClFO2/c1-16(2)6-5-12(15(19)20)11(9-16)7-10-3-4-14(18)13(17)8-10/h3-4,8,11-12H,5-7,9H2,1-2H3,(H,19,20). The van der Waals surface area contributed by atoms with Crippen molar-refractivity contribution in [3.05, 3.63) is 34.6 Å². The largest absolute Gasteiger partial charge is 0.481 e. The van der Waals surface area contributed by atoms with Crippen LogP contribution in [0.1, 0.15) is 38.7 Å². The molecule has 1 N–H and O–H groups in total. The lowest BCUT2D eigenvalue weighted by Crippen LogP contribution is -2.35. The van der Waals surface area contributed by atoms with Gasteiger partial charge < -0.3 is 5.11 Å². The molecule has 2 unspecified atom stereocenters. The molecule has 1 saturated carbocycles. The fraction of sp³-hybridized carbons (Fsp3) is 0.562. The summed E-state index contributed by atoms with van der Waals surface area (Å²) in [5.41, 5.74) is 1.07. The second-order valence-electron chi connectivity index (χ2n) is 6.56. The predicted molar refractivity (Wildman–Crippen MR) is 77.4 cm³/mol. The summed E-state index contributed by atoms with van der Waals surface area (Å²) in [6.45, 7) is 4.35. The number of carbonyl (C=O) groups is 1. The van der Waals surface area contributed by atoms with E-state index in [1.54, 1.807) is 12.1 Å². The van der Waals surface area contributed by atoms with E-state index in [2.05, 4.69) is 13.8 Å². The molecule has 0 aliphatic heterocycles. The van der Waals surface area contributed by atoms with Gasteiger partial charge in [0.25, 0.3) is 0 Å². The molecule has 0 radical (unpaired) electrons. The van der Waals surface area contributed by atoms with Gasteiger partial charge in [0.15, 0.2) is 0 Å². The van der Waals surface area contributed by atoms with Gasteiger partial charge in [-0.15, -0.1) is 0 Å². The van der Waals surface area contributed by atoms with Gasteiger partial charge in [0, 0.05) is 0 Å². The first-order valence-electron chi connectivity index (χ1n) is 6.95. The van der Waals surface area contributed by atoms with Crippen LogP contribution in [0.3, 0.4) is 0 Å². The first kappa shape index (κ1) is 15.3. The summed E-state index contributed by atoms with van der Waals surface area (Å²) in [5, 5.41) is 9.47. The van der Waals surface area contributed by atoms with Crippen molar-refractivity contribution in [2.75, 3.05) is 0 Å². The average molecular weight is 299 g/mol. The topological polar surface area (TPSA) is 37.3 Å². The second kappa shape index (κ2) is 5.72. The Bertz CT molecular complexity index is 513. The van der Waals surface area contributed by atoms with E-state index < -0.39 is 11.8 Å². The summed E-state index contributed by atoms with van der Waals surface area (Å²) in [5.74, 6) is -1.39. The summed E-state index contributed by atoms with van der Waals surface area (Å²) in [6, 6.07) is 4.65. The highest BCUT2D eigenvalue weighted by molar-refractivity contribution is 6.30. The zero-order chi connectivity index (χ0) is 14.9. The van der Waals surface area contributed by atoms with Crippen LogP contribution in [-0.2, 0) is 11.2 Å². The number of rotatable bonds is 3. The second-order valence-corrected chi connectivity index (χ2v) is 6.97. The first-order chi connectivity index (χ1) is 9.28. The van der Waals surface area contributed by atoms with Gasteiger partial charge in [-0.3, -0.25) is 4.79 Å². The van der Waals surface area contributed by atoms with Crippen molar-refractivity contribution in [3.8, 4) is 0 Å². The number of hydrogen-bond donors (Lipinski definition) is 1. The van der Waals surface area contributed by atoms with Crippen LogP contribution in [0.25, 0.3) is 0 Å². The van der Waals surface area contributed by atoms with Crippen LogP contribution in [-0.4, -0.2) is 11.1 Å². The Morgan fingerprint density at radius 3 is 2.80 bits per heavy atom. The van der Waals surface area contributed by atoms with Crippen LogP contribution in [0.4, 0.5) is 4.39 Å². The molecule has 4 heteroatoms. The molecule has 2 atom stereocenters. The predicted octanol–water partition coefficient (Wildman–Crippen LogP) is 4.55. The minimum Gasteiger partial charge on any atom is -0.481 e. The van der Waals surface area contributed by atoms with E-state index in [4.69, 9.17) is 11.6 Å². The molecular formula is C16H20ClFO2. The zero-order valence-electron chi connectivity index (χ0n) is 11.8. The maximum atomic E-state index is 13.2. The molecule has 20 heavy (non-hydrogen) atoms. The van der Waals surface area contributed by atoms with Crippen LogP contribution in [0.15, 0.2) is 18.2 Å². The zero-order valence-corrected chi connectivity index (χ0v) is 12.6. The third kappa shape index (κ3) is 3.51. The van der Waals surface area contributed by atoms with Gasteiger partial charge in [-0.25, -0.2) is 4.39 Å². The van der Waals surface area contributed by atoms with Crippen molar-refractivity contribution in [3.63, 3.8) is 0 Å². The monoisotopic (exact) mass is 298 g/mol. The Morgan fingerprint density at radius 2 is 2.20 bits per heavy atom. The highest BCUT2D eigenvalue weighted by Gasteiger charge is 2.38. The molecular weight excluding hydrogens is 279 g/mol. The molecule has 2 nitrogen and oxygen atoms in total. The number of aliphatic carboxylic acids is 1. The lowest BCUT2D eigenvalue weighted by atomic mass is 9.65. The molecule has 0 amide bonds. The maximum absolute atomic E-state index is 13.2. The van der Waals surface area contributed by atoms with Crippen LogP contribution >= 0.6 is 11.6 Å². The van der Waals surface area contributed by atoms with Crippen molar-refractivity contribution < 1.29 is 14.3 Å². The highest BCUT2D eigenvalue weighted by atomic mass is 35.5. The Labute approximate surface area is 123 Å². The van der Waals surface area contributed by atoms with E-state index in [0.717, 1.165) is 18.4 Å². The van der Waals surface area contributed by atoms with E-state index >= 15 is 0 Å². The van der Waals surface area contributed by atoms with E-state index in [1.807, 2.05) is 0 Å². The quantitative estimate of drug-likeness (QED) is 0.889. The molecule has 0 saturated heterocycles. The summed E-state index contributed by atoms with van der Waals surface area (Å²) in [7, 11) is 0. The van der Waals surface area contributed by atoms with Crippen molar-refractivity contribution in [2.45, 2.75) is 39.5 Å². The van der Waals surface area contributed by atoms with E-state index in [9.17, 15) is 14.3 Å². The van der Waals surface area contributed by atoms with Crippen molar-refractivity contribution in [2.24, 2.45) is 17.3 Å². The van der Waals surface area contributed by atoms with Crippen LogP contribution in [0.5, 0.6) is 0 Å². The molecule has 1 aromatic carbocycles. The highest BCUT2D eigenvalue weighted by Crippen LogP contribution is 2.43. The van der Waals surface area contributed by atoms with Crippen molar-refractivity contribution >= 4 is 17.6 Å². The number of hydrogen-bond acceptors (Lipinski definition) is 1. The smallest absolute Gasteiger partial charge is 0.306 e. The minimum atomic E-state index is -0.723. The summed E-state index contributed by atoms with van der Waals surface area (Å²) >= 11 is 5.80. The number of carboxylic acid groups (broad SMARTS) is 1. The Balaban J connectivity index is 2.18. The molecule has 1 aromatic rings. The minimum absolute atomic E-state index is 0.0813.